The van der Waals surface area contributed by atoms with Crippen LogP contribution >= 0.6 is 0 Å². The molecule has 1 fully saturated rings. The zero-order chi connectivity index (χ0) is 13.1. The number of fused-ring (bicyclic) bond motifs is 1. The summed E-state index contributed by atoms with van der Waals surface area (Å²) in [4.78, 5) is 0. The quantitative estimate of drug-likeness (QED) is 0.887. The first-order valence-electron chi connectivity index (χ1n) is 7.15. The van der Waals surface area contributed by atoms with Gasteiger partial charge in [0.2, 0.25) is 0 Å². The molecular formula is C17H21NO. The maximum absolute atomic E-state index is 5.60. The topological polar surface area (TPSA) is 21.3 Å². The summed E-state index contributed by atoms with van der Waals surface area (Å²) in [6.07, 6.45) is 5.30. The monoisotopic (exact) mass is 255 g/mol. The average molecular weight is 255 g/mol. The summed E-state index contributed by atoms with van der Waals surface area (Å²) in [5.41, 5.74) is 1.20. The van der Waals surface area contributed by atoms with Crippen LogP contribution in [-0.4, -0.2) is 19.3 Å². The number of methoxy groups -OCH3 is 1. The fourth-order valence-corrected chi connectivity index (χ4v) is 3.04. The highest BCUT2D eigenvalue weighted by Gasteiger charge is 2.24. The van der Waals surface area contributed by atoms with Crippen LogP contribution in [0.2, 0.25) is 0 Å². The van der Waals surface area contributed by atoms with Crippen LogP contribution < -0.4 is 5.32 Å². The van der Waals surface area contributed by atoms with Gasteiger partial charge in [0.05, 0.1) is 12.1 Å². The Hall–Kier alpha value is -1.54. The van der Waals surface area contributed by atoms with Crippen molar-refractivity contribution in [3.8, 4) is 0 Å². The lowest BCUT2D eigenvalue weighted by Gasteiger charge is -2.31. The Bertz CT molecular complexity index is 552. The molecule has 1 N–H and O–H groups in total. The molecule has 2 aromatic rings. The van der Waals surface area contributed by atoms with Crippen molar-refractivity contribution < 1.29 is 4.74 Å². The van der Waals surface area contributed by atoms with Crippen LogP contribution in [0.4, 0.5) is 5.69 Å². The molecule has 3 rings (SSSR count). The molecule has 1 aliphatic carbocycles. The van der Waals surface area contributed by atoms with E-state index < -0.39 is 0 Å². The fourth-order valence-electron chi connectivity index (χ4n) is 3.04. The second kappa shape index (κ2) is 5.62. The highest BCUT2D eigenvalue weighted by atomic mass is 16.5. The number of hydrogen-bond donors (Lipinski definition) is 1. The molecule has 2 heteroatoms. The standard InChI is InChI=1S/C17H21NO/c1-19-17-9-5-4-8-16(17)18-15-11-10-13-6-2-3-7-14(13)12-15/h2-3,6-7,10-12,16-18H,4-5,8-9H2,1H3. The van der Waals surface area contributed by atoms with Crippen LogP contribution in [-0.2, 0) is 4.74 Å². The fraction of sp³-hybridized carbons (Fsp3) is 0.412. The molecule has 0 amide bonds. The molecule has 0 bridgehead atoms. The maximum Gasteiger partial charge on any atom is 0.0772 e. The molecule has 0 radical (unpaired) electrons. The van der Waals surface area contributed by atoms with Gasteiger partial charge in [-0.15, -0.1) is 0 Å². The lowest BCUT2D eigenvalue weighted by atomic mass is 9.92. The van der Waals surface area contributed by atoms with Crippen LogP contribution in [0.15, 0.2) is 42.5 Å². The van der Waals surface area contributed by atoms with E-state index in [1.54, 1.807) is 0 Å². The first kappa shape index (κ1) is 12.5. The van der Waals surface area contributed by atoms with E-state index in [9.17, 15) is 0 Å². The Morgan fingerprint density at radius 1 is 1.00 bits per heavy atom. The maximum atomic E-state index is 5.60. The second-order valence-corrected chi connectivity index (χ2v) is 5.37. The Labute approximate surface area is 114 Å². The van der Waals surface area contributed by atoms with Crippen molar-refractivity contribution in [3.63, 3.8) is 0 Å². The Balaban J connectivity index is 1.80. The van der Waals surface area contributed by atoms with E-state index in [1.807, 2.05) is 7.11 Å². The summed E-state index contributed by atoms with van der Waals surface area (Å²) in [5.74, 6) is 0. The summed E-state index contributed by atoms with van der Waals surface area (Å²) < 4.78 is 5.60. The Morgan fingerprint density at radius 3 is 2.63 bits per heavy atom. The largest absolute Gasteiger partial charge is 0.380 e. The zero-order valence-electron chi connectivity index (χ0n) is 11.4. The molecule has 100 valence electrons. The molecule has 2 atom stereocenters. The van der Waals surface area contributed by atoms with Crippen molar-refractivity contribution >= 4 is 16.5 Å². The van der Waals surface area contributed by atoms with E-state index in [0.29, 0.717) is 12.1 Å². The van der Waals surface area contributed by atoms with Crippen molar-refractivity contribution in [1.29, 1.82) is 0 Å². The SMILES string of the molecule is COC1CCCCC1Nc1ccc2ccccc2c1. The molecular weight excluding hydrogens is 234 g/mol. The van der Waals surface area contributed by atoms with E-state index in [0.717, 1.165) is 0 Å². The zero-order valence-corrected chi connectivity index (χ0v) is 11.4. The lowest BCUT2D eigenvalue weighted by Crippen LogP contribution is -2.37. The minimum absolute atomic E-state index is 0.347. The van der Waals surface area contributed by atoms with Gasteiger partial charge in [-0.05, 0) is 35.7 Å². The second-order valence-electron chi connectivity index (χ2n) is 5.37. The minimum atomic E-state index is 0.347. The van der Waals surface area contributed by atoms with Crippen LogP contribution in [0.25, 0.3) is 10.8 Å². The molecule has 0 saturated heterocycles. The number of ether oxygens (including phenoxy) is 1. The third-order valence-corrected chi connectivity index (χ3v) is 4.11. The minimum Gasteiger partial charge on any atom is -0.380 e. The summed E-state index contributed by atoms with van der Waals surface area (Å²) in [7, 11) is 1.82. The molecule has 2 aromatic carbocycles. The van der Waals surface area contributed by atoms with E-state index in [4.69, 9.17) is 4.74 Å². The molecule has 0 heterocycles. The predicted octanol–water partition coefficient (Wildman–Crippen LogP) is 4.21. The smallest absolute Gasteiger partial charge is 0.0772 e. The van der Waals surface area contributed by atoms with E-state index in [1.165, 1.54) is 42.1 Å². The van der Waals surface area contributed by atoms with E-state index >= 15 is 0 Å². The molecule has 0 aromatic heterocycles. The van der Waals surface area contributed by atoms with Crippen molar-refractivity contribution in [2.45, 2.75) is 37.8 Å². The molecule has 0 spiro atoms. The van der Waals surface area contributed by atoms with E-state index in [-0.39, 0.29) is 0 Å². The molecule has 1 saturated carbocycles. The van der Waals surface area contributed by atoms with Gasteiger partial charge in [-0.3, -0.25) is 0 Å². The molecule has 2 nitrogen and oxygen atoms in total. The van der Waals surface area contributed by atoms with Gasteiger partial charge < -0.3 is 10.1 Å². The van der Waals surface area contributed by atoms with E-state index in [2.05, 4.69) is 47.8 Å². The first-order valence-corrected chi connectivity index (χ1v) is 7.15. The van der Waals surface area contributed by atoms with Crippen molar-refractivity contribution in [2.75, 3.05) is 12.4 Å². The van der Waals surface area contributed by atoms with Crippen LogP contribution in [0.3, 0.4) is 0 Å². The molecule has 0 aliphatic heterocycles. The Morgan fingerprint density at radius 2 is 1.79 bits per heavy atom. The van der Waals surface area contributed by atoms with Gasteiger partial charge >= 0.3 is 0 Å². The summed E-state index contributed by atoms with van der Waals surface area (Å²) in [5, 5.41) is 6.23. The van der Waals surface area contributed by atoms with Crippen molar-refractivity contribution in [2.24, 2.45) is 0 Å². The molecule has 1 aliphatic rings. The number of benzene rings is 2. The Kier molecular flexibility index (Phi) is 3.69. The molecule has 2 unspecified atom stereocenters. The lowest BCUT2D eigenvalue weighted by molar-refractivity contribution is 0.0606. The first-order chi connectivity index (χ1) is 9.36. The van der Waals surface area contributed by atoms with Crippen molar-refractivity contribution in [3.05, 3.63) is 42.5 Å². The van der Waals surface area contributed by atoms with Gasteiger partial charge in [0.25, 0.3) is 0 Å². The van der Waals surface area contributed by atoms with Crippen LogP contribution in [0.5, 0.6) is 0 Å². The number of anilines is 1. The normalized spacial score (nSPS) is 23.4. The number of nitrogens with one attached hydrogen (secondary N) is 1. The number of rotatable bonds is 3. The summed E-state index contributed by atoms with van der Waals surface area (Å²) in [6, 6.07) is 15.5. The highest BCUT2D eigenvalue weighted by molar-refractivity contribution is 5.85. The van der Waals surface area contributed by atoms with Gasteiger partial charge in [-0.1, -0.05) is 43.2 Å². The average Bonchev–Trinajstić information content (AvgIpc) is 2.48. The summed E-state index contributed by atoms with van der Waals surface area (Å²) in [6.45, 7) is 0. The molecule has 19 heavy (non-hydrogen) atoms. The van der Waals surface area contributed by atoms with Gasteiger partial charge in [-0.2, -0.15) is 0 Å². The van der Waals surface area contributed by atoms with Gasteiger partial charge in [0, 0.05) is 12.8 Å². The number of hydrogen-bond acceptors (Lipinski definition) is 2. The third-order valence-electron chi connectivity index (χ3n) is 4.11. The summed E-state index contributed by atoms with van der Waals surface area (Å²) >= 11 is 0. The third kappa shape index (κ3) is 2.74. The van der Waals surface area contributed by atoms with Gasteiger partial charge in [0.1, 0.15) is 0 Å². The van der Waals surface area contributed by atoms with Gasteiger partial charge in [-0.25, -0.2) is 0 Å². The predicted molar refractivity (Wildman–Crippen MR) is 80.6 cm³/mol. The van der Waals surface area contributed by atoms with Crippen molar-refractivity contribution in [1.82, 2.24) is 0 Å². The van der Waals surface area contributed by atoms with Crippen LogP contribution in [0.1, 0.15) is 25.7 Å². The highest BCUT2D eigenvalue weighted by Crippen LogP contribution is 2.26. The van der Waals surface area contributed by atoms with Crippen LogP contribution in [0, 0.1) is 0 Å². The van der Waals surface area contributed by atoms with Gasteiger partial charge in [0.15, 0.2) is 0 Å².